The van der Waals surface area contributed by atoms with Crippen LogP contribution < -0.4 is 9.30 Å². The van der Waals surface area contributed by atoms with E-state index >= 15 is 0 Å². The zero-order chi connectivity index (χ0) is 25.3. The van der Waals surface area contributed by atoms with E-state index in [0.29, 0.717) is 11.3 Å². The van der Waals surface area contributed by atoms with Crippen LogP contribution >= 0.6 is 0 Å². The molecule has 0 saturated heterocycles. The molecule has 1 heterocycles. The maximum absolute atomic E-state index is 13.2. The van der Waals surface area contributed by atoms with Gasteiger partial charge in [0.25, 0.3) is 0 Å². The van der Waals surface area contributed by atoms with Gasteiger partial charge in [0.15, 0.2) is 10.1 Å². The number of carbonyl (C=O) groups excluding carboxylic acids is 1. The third-order valence-corrected chi connectivity index (χ3v) is 5.67. The summed E-state index contributed by atoms with van der Waals surface area (Å²) in [5.41, 5.74) is -1.03. The third-order valence-electron chi connectivity index (χ3n) is 5.10. The van der Waals surface area contributed by atoms with Crippen molar-refractivity contribution in [2.24, 2.45) is 7.05 Å². The largest absolute Gasteiger partial charge is 0.741 e. The number of pyridine rings is 1. The van der Waals surface area contributed by atoms with Crippen LogP contribution in [-0.2, 0) is 17.2 Å². The van der Waals surface area contributed by atoms with Gasteiger partial charge in [-0.3, -0.25) is 0 Å². The average Bonchev–Trinajstić information content (AvgIpc) is 2.76. The first-order chi connectivity index (χ1) is 15.8. The van der Waals surface area contributed by atoms with Crippen molar-refractivity contribution in [1.82, 2.24) is 0 Å². The molecule has 4 rings (SSSR count). The first-order valence-electron chi connectivity index (χ1n) is 9.92. The highest BCUT2D eigenvalue weighted by Gasteiger charge is 2.37. The fraction of sp³-hybridized carbons (Fsp3) is 0.167. The Kier molecular flexibility index (Phi) is 6.94. The Labute approximate surface area is 194 Å². The molecule has 3 aromatic carbocycles. The van der Waals surface area contributed by atoms with E-state index in [-0.39, 0.29) is 5.97 Å². The summed E-state index contributed by atoms with van der Waals surface area (Å²) in [7, 11) is -4.07. The van der Waals surface area contributed by atoms with Crippen LogP contribution in [0.25, 0.3) is 21.8 Å². The zero-order valence-corrected chi connectivity index (χ0v) is 19.2. The predicted molar refractivity (Wildman–Crippen MR) is 119 cm³/mol. The molecule has 0 N–H and O–H groups in total. The van der Waals surface area contributed by atoms with Gasteiger partial charge in [-0.15, -0.1) is 0 Å². The number of carbonyl (C=O) groups is 1. The highest BCUT2D eigenvalue weighted by atomic mass is 32.2. The van der Waals surface area contributed by atoms with Gasteiger partial charge in [0.2, 0.25) is 11.0 Å². The second-order valence-corrected chi connectivity index (χ2v) is 8.90. The van der Waals surface area contributed by atoms with Gasteiger partial charge in [-0.05, 0) is 43.2 Å². The molecule has 0 spiro atoms. The number of aromatic nitrogens is 1. The van der Waals surface area contributed by atoms with E-state index in [9.17, 15) is 18.0 Å². The Morgan fingerprint density at radius 2 is 1.38 bits per heavy atom. The van der Waals surface area contributed by atoms with E-state index in [1.54, 1.807) is 0 Å². The van der Waals surface area contributed by atoms with Crippen molar-refractivity contribution in [2.75, 3.05) is 0 Å². The van der Waals surface area contributed by atoms with E-state index in [0.717, 1.165) is 32.9 Å². The van der Waals surface area contributed by atoms with Crippen molar-refractivity contribution in [2.45, 2.75) is 19.4 Å². The Bertz CT molecular complexity index is 1440. The molecule has 0 amide bonds. The lowest BCUT2D eigenvalue weighted by Crippen LogP contribution is -2.31. The smallest absolute Gasteiger partial charge is 0.485 e. The predicted octanol–water partition coefficient (Wildman–Crippen LogP) is 4.70. The van der Waals surface area contributed by atoms with Gasteiger partial charge in [0, 0.05) is 12.1 Å². The molecule has 0 aliphatic rings. The number of fused-ring (bicyclic) bond motifs is 2. The quantitative estimate of drug-likeness (QED) is 0.101. The topological polar surface area (TPSA) is 87.4 Å². The highest BCUT2D eigenvalue weighted by molar-refractivity contribution is 7.86. The molecule has 1 aromatic heterocycles. The zero-order valence-electron chi connectivity index (χ0n) is 18.4. The molecule has 0 unspecified atom stereocenters. The van der Waals surface area contributed by atoms with Crippen LogP contribution in [0.5, 0.6) is 5.75 Å². The normalized spacial score (nSPS) is 11.7. The van der Waals surface area contributed by atoms with Gasteiger partial charge >= 0.3 is 11.5 Å². The second kappa shape index (κ2) is 9.40. The molecule has 0 radical (unpaired) electrons. The summed E-state index contributed by atoms with van der Waals surface area (Å²) < 4.78 is 66.8. The van der Waals surface area contributed by atoms with Gasteiger partial charge in [-0.2, -0.15) is 17.7 Å². The number of esters is 1. The fourth-order valence-corrected chi connectivity index (χ4v) is 3.42. The number of rotatable bonds is 2. The van der Waals surface area contributed by atoms with Gasteiger partial charge < -0.3 is 9.29 Å². The SMILES string of the molecule is Cc1ccc(C)c(OC(=O)c2c3ccccc3[n+](C)c3ccccc23)c1.O=S(=O)([O-])C(F)(F)F. The minimum atomic E-state index is -6.09. The van der Waals surface area contributed by atoms with Crippen LogP contribution in [-0.4, -0.2) is 24.4 Å². The number of aryl methyl sites for hydroxylation is 3. The molecule has 178 valence electrons. The number of ether oxygens (including phenoxy) is 1. The summed E-state index contributed by atoms with van der Waals surface area (Å²) in [4.78, 5) is 13.2. The maximum Gasteiger partial charge on any atom is 0.485 e. The summed E-state index contributed by atoms with van der Waals surface area (Å²) in [5.74, 6) is 0.281. The third kappa shape index (κ3) is 5.18. The Hall–Kier alpha value is -3.50. The Morgan fingerprint density at radius 3 is 1.85 bits per heavy atom. The molecule has 0 aliphatic carbocycles. The van der Waals surface area contributed by atoms with Gasteiger partial charge in [-0.25, -0.2) is 13.2 Å². The highest BCUT2D eigenvalue weighted by Crippen LogP contribution is 2.27. The molecule has 0 fully saturated rings. The van der Waals surface area contributed by atoms with E-state index in [1.165, 1.54) is 0 Å². The summed E-state index contributed by atoms with van der Waals surface area (Å²) in [6.45, 7) is 3.94. The molecule has 0 saturated carbocycles. The molecule has 34 heavy (non-hydrogen) atoms. The number of hydrogen-bond donors (Lipinski definition) is 0. The molecule has 0 aliphatic heterocycles. The molecule has 6 nitrogen and oxygen atoms in total. The molecular formula is C24H20F3NO5S. The molecule has 10 heteroatoms. The van der Waals surface area contributed by atoms with Gasteiger partial charge in [0.1, 0.15) is 12.8 Å². The Balaban J connectivity index is 0.000000350. The van der Waals surface area contributed by atoms with Crippen molar-refractivity contribution in [3.05, 3.63) is 83.4 Å². The second-order valence-electron chi connectivity index (χ2n) is 7.53. The first-order valence-corrected chi connectivity index (χ1v) is 11.3. The van der Waals surface area contributed by atoms with Crippen LogP contribution in [0.2, 0.25) is 0 Å². The van der Waals surface area contributed by atoms with Crippen molar-refractivity contribution in [1.29, 1.82) is 0 Å². The number of nitrogens with zero attached hydrogens (tertiary/aromatic N) is 1. The van der Waals surface area contributed by atoms with Crippen molar-refractivity contribution in [3.8, 4) is 5.75 Å². The van der Waals surface area contributed by atoms with Crippen molar-refractivity contribution in [3.63, 3.8) is 0 Å². The summed E-state index contributed by atoms with van der Waals surface area (Å²) in [6, 6.07) is 21.8. The first kappa shape index (κ1) is 25.1. The number of hydrogen-bond acceptors (Lipinski definition) is 5. The van der Waals surface area contributed by atoms with E-state index in [2.05, 4.69) is 4.57 Å². The van der Waals surface area contributed by atoms with E-state index in [1.807, 2.05) is 87.6 Å². The van der Waals surface area contributed by atoms with Gasteiger partial charge in [-0.1, -0.05) is 36.4 Å². The number of alkyl halides is 3. The minimum Gasteiger partial charge on any atom is -0.741 e. The standard InChI is InChI=1S/C23H20NO2.CHF3O3S/c1-15-12-13-16(2)21(14-15)26-23(25)22-17-8-4-6-10-19(17)24(3)20-11-7-5-9-18(20)22;2-1(3,4)8(5,6)7/h4-14H,1-3H3;(H,5,6,7)/q+1;/p-1. The van der Waals surface area contributed by atoms with Crippen LogP contribution in [0, 0.1) is 13.8 Å². The average molecular weight is 491 g/mol. The maximum atomic E-state index is 13.2. The minimum absolute atomic E-state index is 0.327. The van der Waals surface area contributed by atoms with Gasteiger partial charge in [0.05, 0.1) is 16.3 Å². The van der Waals surface area contributed by atoms with Crippen LogP contribution in [0.4, 0.5) is 13.2 Å². The van der Waals surface area contributed by atoms with Crippen LogP contribution in [0.3, 0.4) is 0 Å². The van der Waals surface area contributed by atoms with Crippen LogP contribution in [0.15, 0.2) is 66.7 Å². The lowest BCUT2D eigenvalue weighted by Gasteiger charge is -2.11. The molecule has 0 bridgehead atoms. The molecule has 4 aromatic rings. The summed E-state index contributed by atoms with van der Waals surface area (Å²) >= 11 is 0. The van der Waals surface area contributed by atoms with Crippen molar-refractivity contribution < 1.29 is 40.2 Å². The number of halogens is 3. The number of benzene rings is 3. The van der Waals surface area contributed by atoms with Crippen molar-refractivity contribution >= 4 is 37.9 Å². The summed E-state index contributed by atoms with van der Waals surface area (Å²) in [6.07, 6.45) is 0. The van der Waals surface area contributed by atoms with Crippen LogP contribution in [0.1, 0.15) is 21.5 Å². The summed E-state index contributed by atoms with van der Waals surface area (Å²) in [5, 5.41) is 1.79. The Morgan fingerprint density at radius 1 is 0.912 bits per heavy atom. The van der Waals surface area contributed by atoms with E-state index < -0.39 is 15.6 Å². The molecular weight excluding hydrogens is 471 g/mol. The van der Waals surface area contributed by atoms with E-state index in [4.69, 9.17) is 17.7 Å². The number of para-hydroxylation sites is 2. The fourth-order valence-electron chi connectivity index (χ4n) is 3.42. The molecule has 0 atom stereocenters. The lowest BCUT2D eigenvalue weighted by atomic mass is 10.0. The lowest BCUT2D eigenvalue weighted by molar-refractivity contribution is -0.617. The monoisotopic (exact) mass is 491 g/mol.